The summed E-state index contributed by atoms with van der Waals surface area (Å²) in [5.41, 5.74) is 6.03. The summed E-state index contributed by atoms with van der Waals surface area (Å²) in [5, 5.41) is 8.81. The van der Waals surface area contributed by atoms with E-state index in [9.17, 15) is 0 Å². The average Bonchev–Trinajstić information content (AvgIpc) is 3.13. The lowest BCUT2D eigenvalue weighted by Gasteiger charge is -2.04. The Morgan fingerprint density at radius 3 is 3.00 bits per heavy atom. The van der Waals surface area contributed by atoms with E-state index >= 15 is 0 Å². The molecule has 0 aliphatic rings. The van der Waals surface area contributed by atoms with Gasteiger partial charge in [-0.15, -0.1) is 0 Å². The van der Waals surface area contributed by atoms with E-state index in [2.05, 4.69) is 26.9 Å². The predicted molar refractivity (Wildman–Crippen MR) is 91.9 cm³/mol. The standard InChI is InChI=1S/C16H16N4OS/c1-11-14(13-6-2-3-7-15(13)19-11)10-18-20-16(22)17-9-12-5-4-8-21-12/h2-8,10,19H,9H2,1H3,(H2,17,20,22)/b18-10+. The zero-order valence-corrected chi connectivity index (χ0v) is 12.9. The van der Waals surface area contributed by atoms with Gasteiger partial charge in [-0.25, -0.2) is 0 Å². The van der Waals surface area contributed by atoms with Crippen molar-refractivity contribution in [3.05, 3.63) is 59.7 Å². The van der Waals surface area contributed by atoms with E-state index in [4.69, 9.17) is 16.6 Å². The van der Waals surface area contributed by atoms with Crippen LogP contribution in [0.4, 0.5) is 0 Å². The first-order valence-electron chi connectivity index (χ1n) is 6.90. The Morgan fingerprint density at radius 2 is 2.18 bits per heavy atom. The second-order valence-corrected chi connectivity index (χ2v) is 5.25. The molecule has 6 heteroatoms. The molecule has 0 amide bonds. The molecule has 0 saturated heterocycles. The van der Waals surface area contributed by atoms with E-state index < -0.39 is 0 Å². The first-order chi connectivity index (χ1) is 10.7. The van der Waals surface area contributed by atoms with Crippen LogP contribution < -0.4 is 10.7 Å². The van der Waals surface area contributed by atoms with E-state index in [-0.39, 0.29) is 0 Å². The van der Waals surface area contributed by atoms with Crippen LogP contribution in [-0.2, 0) is 6.54 Å². The highest BCUT2D eigenvalue weighted by molar-refractivity contribution is 7.80. The van der Waals surface area contributed by atoms with Gasteiger partial charge in [-0.1, -0.05) is 18.2 Å². The third-order valence-electron chi connectivity index (χ3n) is 3.31. The van der Waals surface area contributed by atoms with Gasteiger partial charge in [0.25, 0.3) is 0 Å². The van der Waals surface area contributed by atoms with Crippen molar-refractivity contribution in [3.63, 3.8) is 0 Å². The van der Waals surface area contributed by atoms with E-state index in [1.54, 1.807) is 12.5 Å². The SMILES string of the molecule is Cc1[nH]c2ccccc2c1/C=N/NC(=S)NCc1ccco1. The number of fused-ring (bicyclic) bond motifs is 1. The van der Waals surface area contributed by atoms with Gasteiger partial charge in [0.05, 0.1) is 19.0 Å². The molecule has 0 radical (unpaired) electrons. The molecule has 0 atom stereocenters. The molecule has 5 nitrogen and oxygen atoms in total. The number of rotatable bonds is 4. The smallest absolute Gasteiger partial charge is 0.187 e. The summed E-state index contributed by atoms with van der Waals surface area (Å²) in [4.78, 5) is 3.33. The quantitative estimate of drug-likeness (QED) is 0.393. The minimum atomic E-state index is 0.449. The van der Waals surface area contributed by atoms with Crippen LogP contribution in [-0.4, -0.2) is 16.3 Å². The van der Waals surface area contributed by atoms with Crippen molar-refractivity contribution in [2.45, 2.75) is 13.5 Å². The highest BCUT2D eigenvalue weighted by atomic mass is 32.1. The summed E-state index contributed by atoms with van der Waals surface area (Å²) in [6.45, 7) is 2.55. The molecule has 2 aromatic heterocycles. The number of aryl methyl sites for hydroxylation is 1. The summed E-state index contributed by atoms with van der Waals surface area (Å²) in [5.74, 6) is 0.820. The third-order valence-corrected chi connectivity index (χ3v) is 3.54. The van der Waals surface area contributed by atoms with E-state index in [1.165, 1.54) is 0 Å². The Kier molecular flexibility index (Phi) is 4.20. The summed E-state index contributed by atoms with van der Waals surface area (Å²) in [6, 6.07) is 11.8. The van der Waals surface area contributed by atoms with Gasteiger partial charge in [0.1, 0.15) is 5.76 Å². The highest BCUT2D eigenvalue weighted by Crippen LogP contribution is 2.19. The lowest BCUT2D eigenvalue weighted by atomic mass is 10.1. The fourth-order valence-corrected chi connectivity index (χ4v) is 2.37. The van der Waals surface area contributed by atoms with Crippen molar-refractivity contribution in [3.8, 4) is 0 Å². The maximum atomic E-state index is 5.22. The number of hydrazone groups is 1. The molecular formula is C16H16N4OS. The molecule has 2 heterocycles. The number of hydrogen-bond acceptors (Lipinski definition) is 3. The molecule has 3 rings (SSSR count). The fraction of sp³-hybridized carbons (Fsp3) is 0.125. The van der Waals surface area contributed by atoms with E-state index in [0.717, 1.165) is 27.9 Å². The number of thiocarbonyl (C=S) groups is 1. The Balaban J connectivity index is 1.61. The largest absolute Gasteiger partial charge is 0.467 e. The Hall–Kier alpha value is -2.60. The first-order valence-corrected chi connectivity index (χ1v) is 7.31. The van der Waals surface area contributed by atoms with Gasteiger partial charge in [0, 0.05) is 22.2 Å². The van der Waals surface area contributed by atoms with Crippen LogP contribution in [0.3, 0.4) is 0 Å². The minimum absolute atomic E-state index is 0.449. The maximum absolute atomic E-state index is 5.22. The molecule has 0 aliphatic heterocycles. The number of para-hydroxylation sites is 1. The van der Waals surface area contributed by atoms with Crippen molar-refractivity contribution in [2.75, 3.05) is 0 Å². The Labute approximate surface area is 133 Å². The summed E-state index contributed by atoms with van der Waals surface area (Å²) in [7, 11) is 0. The van der Waals surface area contributed by atoms with E-state index in [0.29, 0.717) is 11.7 Å². The zero-order valence-electron chi connectivity index (χ0n) is 12.1. The average molecular weight is 312 g/mol. The molecule has 3 aromatic rings. The van der Waals surface area contributed by atoms with Crippen molar-refractivity contribution < 1.29 is 4.42 Å². The molecule has 0 spiro atoms. The van der Waals surface area contributed by atoms with Gasteiger partial charge >= 0.3 is 0 Å². The van der Waals surface area contributed by atoms with Crippen LogP contribution in [0.25, 0.3) is 10.9 Å². The predicted octanol–water partition coefficient (Wildman–Crippen LogP) is 3.07. The second kappa shape index (κ2) is 6.44. The second-order valence-electron chi connectivity index (χ2n) is 4.84. The number of furan rings is 1. The van der Waals surface area contributed by atoms with Crippen molar-refractivity contribution in [1.82, 2.24) is 15.7 Å². The van der Waals surface area contributed by atoms with Crippen LogP contribution >= 0.6 is 12.2 Å². The lowest BCUT2D eigenvalue weighted by molar-refractivity contribution is 0.502. The molecule has 0 saturated carbocycles. The van der Waals surface area contributed by atoms with E-state index in [1.807, 2.05) is 37.3 Å². The molecule has 3 N–H and O–H groups in total. The van der Waals surface area contributed by atoms with Gasteiger partial charge in [0.2, 0.25) is 0 Å². The van der Waals surface area contributed by atoms with Crippen molar-refractivity contribution >= 4 is 34.4 Å². The Bertz CT molecular complexity index is 805. The number of nitrogens with one attached hydrogen (secondary N) is 3. The summed E-state index contributed by atoms with van der Waals surface area (Å²) in [6.07, 6.45) is 3.40. The van der Waals surface area contributed by atoms with Crippen LogP contribution in [0.1, 0.15) is 17.0 Å². The molecule has 0 fully saturated rings. The number of aromatic amines is 1. The van der Waals surface area contributed by atoms with Crippen LogP contribution in [0.2, 0.25) is 0 Å². The van der Waals surface area contributed by atoms with Gasteiger partial charge < -0.3 is 14.7 Å². The molecule has 0 unspecified atom stereocenters. The maximum Gasteiger partial charge on any atom is 0.187 e. The van der Waals surface area contributed by atoms with Gasteiger partial charge in [-0.3, -0.25) is 5.43 Å². The van der Waals surface area contributed by atoms with Crippen molar-refractivity contribution in [1.29, 1.82) is 0 Å². The van der Waals surface area contributed by atoms with Crippen molar-refractivity contribution in [2.24, 2.45) is 5.10 Å². The molecule has 1 aromatic carbocycles. The number of nitrogens with zero attached hydrogens (tertiary/aromatic N) is 1. The molecule has 0 bridgehead atoms. The van der Waals surface area contributed by atoms with Gasteiger partial charge in [-0.05, 0) is 37.3 Å². The first kappa shape index (κ1) is 14.3. The Morgan fingerprint density at radius 1 is 1.32 bits per heavy atom. The van der Waals surface area contributed by atoms with Crippen LogP contribution in [0.15, 0.2) is 52.2 Å². The normalized spacial score (nSPS) is 11.1. The minimum Gasteiger partial charge on any atom is -0.467 e. The molecule has 0 aliphatic carbocycles. The van der Waals surface area contributed by atoms with Crippen LogP contribution in [0.5, 0.6) is 0 Å². The highest BCUT2D eigenvalue weighted by Gasteiger charge is 2.05. The monoisotopic (exact) mass is 312 g/mol. The number of benzene rings is 1. The molecule has 112 valence electrons. The zero-order chi connectivity index (χ0) is 15.4. The van der Waals surface area contributed by atoms with Gasteiger partial charge in [-0.2, -0.15) is 5.10 Å². The molecular weight excluding hydrogens is 296 g/mol. The van der Waals surface area contributed by atoms with Gasteiger partial charge in [0.15, 0.2) is 5.11 Å². The third kappa shape index (κ3) is 3.17. The molecule has 22 heavy (non-hydrogen) atoms. The number of hydrogen-bond donors (Lipinski definition) is 3. The lowest BCUT2D eigenvalue weighted by Crippen LogP contribution is -2.31. The van der Waals surface area contributed by atoms with Crippen LogP contribution in [0, 0.1) is 6.92 Å². The summed E-state index contributed by atoms with van der Waals surface area (Å²) < 4.78 is 5.22. The number of H-pyrrole nitrogens is 1. The summed E-state index contributed by atoms with van der Waals surface area (Å²) >= 11 is 5.17. The topological polar surface area (TPSA) is 65.3 Å². The number of aromatic nitrogens is 1. The fourth-order valence-electron chi connectivity index (χ4n) is 2.24.